The molecule has 0 bridgehead atoms. The molecule has 98 valence electrons. The number of aromatic carboxylic acids is 1. The second kappa shape index (κ2) is 4.58. The number of aromatic nitrogens is 2. The average molecular weight is 280 g/mol. The molecule has 0 atom stereocenters. The van der Waals surface area contributed by atoms with Crippen LogP contribution in [-0.2, 0) is 0 Å². The Bertz CT molecular complexity index is 640. The van der Waals surface area contributed by atoms with Crippen LogP contribution in [0.15, 0.2) is 18.2 Å². The van der Waals surface area contributed by atoms with Crippen molar-refractivity contribution in [3.8, 4) is 10.9 Å². The van der Waals surface area contributed by atoms with Crippen molar-refractivity contribution < 1.29 is 19.0 Å². The second-order valence-corrected chi connectivity index (χ2v) is 4.95. The molecule has 3 rings (SSSR count). The second-order valence-electron chi connectivity index (χ2n) is 4.24. The molecular weight excluding hydrogens is 271 g/mol. The number of carboxylic acid groups (broad SMARTS) is 1. The Labute approximate surface area is 111 Å². The molecule has 0 amide bonds. The van der Waals surface area contributed by atoms with Crippen LogP contribution in [0.4, 0.5) is 4.39 Å². The molecule has 1 saturated carbocycles. The molecule has 0 aliphatic heterocycles. The molecule has 2 aromatic rings. The van der Waals surface area contributed by atoms with E-state index in [0.717, 1.165) is 42.3 Å². The zero-order valence-corrected chi connectivity index (χ0v) is 10.5. The molecule has 7 heteroatoms. The predicted octanol–water partition coefficient (Wildman–Crippen LogP) is 3.05. The quantitative estimate of drug-likeness (QED) is 0.931. The van der Waals surface area contributed by atoms with Gasteiger partial charge in [-0.05, 0) is 31.0 Å². The summed E-state index contributed by atoms with van der Waals surface area (Å²) in [6.45, 7) is 0. The number of nitrogens with zero attached hydrogens (tertiary/aromatic N) is 2. The third kappa shape index (κ3) is 2.55. The molecule has 19 heavy (non-hydrogen) atoms. The summed E-state index contributed by atoms with van der Waals surface area (Å²) in [6, 6.07) is 3.34. The van der Waals surface area contributed by atoms with Gasteiger partial charge in [-0.15, -0.1) is 0 Å². The van der Waals surface area contributed by atoms with E-state index in [1.165, 1.54) is 6.07 Å². The monoisotopic (exact) mass is 280 g/mol. The third-order valence-corrected chi connectivity index (χ3v) is 3.34. The van der Waals surface area contributed by atoms with Crippen molar-refractivity contribution in [1.82, 2.24) is 9.36 Å². The number of hydrogen-bond donors (Lipinski definition) is 1. The summed E-state index contributed by atoms with van der Waals surface area (Å²) in [4.78, 5) is 15.2. The van der Waals surface area contributed by atoms with E-state index in [4.69, 9.17) is 9.84 Å². The van der Waals surface area contributed by atoms with E-state index >= 15 is 0 Å². The molecule has 0 saturated heterocycles. The van der Waals surface area contributed by atoms with E-state index in [9.17, 15) is 9.18 Å². The van der Waals surface area contributed by atoms with Crippen LogP contribution < -0.4 is 4.74 Å². The summed E-state index contributed by atoms with van der Waals surface area (Å²) in [5, 5.41) is 9.27. The van der Waals surface area contributed by atoms with Crippen LogP contribution in [0, 0.1) is 5.82 Å². The first-order chi connectivity index (χ1) is 9.13. The lowest BCUT2D eigenvalue weighted by molar-refractivity contribution is 0.0693. The maximum absolute atomic E-state index is 13.0. The minimum Gasteiger partial charge on any atom is -0.478 e. The number of halogens is 1. The molecule has 1 aromatic carbocycles. The highest BCUT2D eigenvalue weighted by molar-refractivity contribution is 7.07. The van der Waals surface area contributed by atoms with E-state index in [2.05, 4.69) is 9.36 Å². The van der Waals surface area contributed by atoms with Crippen LogP contribution in [-0.4, -0.2) is 20.4 Å². The maximum Gasteiger partial charge on any atom is 0.339 e. The molecule has 1 fully saturated rings. The Hall–Kier alpha value is -2.02. The van der Waals surface area contributed by atoms with E-state index in [1.54, 1.807) is 0 Å². The molecule has 1 heterocycles. The first-order valence-electron chi connectivity index (χ1n) is 5.68. The Kier molecular flexibility index (Phi) is 2.90. The molecule has 1 aliphatic rings. The average Bonchev–Trinajstić information content (AvgIpc) is 3.12. The van der Waals surface area contributed by atoms with Crippen LogP contribution in [0.25, 0.3) is 0 Å². The summed E-state index contributed by atoms with van der Waals surface area (Å²) in [5.74, 6) is -0.672. The molecule has 1 aromatic heterocycles. The number of benzene rings is 1. The largest absolute Gasteiger partial charge is 0.478 e. The molecular formula is C12H9FN2O3S. The number of carboxylic acids is 1. The van der Waals surface area contributed by atoms with E-state index < -0.39 is 11.8 Å². The van der Waals surface area contributed by atoms with Crippen molar-refractivity contribution in [1.29, 1.82) is 0 Å². The minimum absolute atomic E-state index is 0.0624. The first kappa shape index (κ1) is 12.0. The molecule has 5 nitrogen and oxygen atoms in total. The summed E-state index contributed by atoms with van der Waals surface area (Å²) in [7, 11) is 0. The van der Waals surface area contributed by atoms with Gasteiger partial charge in [0.25, 0.3) is 5.19 Å². The smallest absolute Gasteiger partial charge is 0.339 e. The predicted molar refractivity (Wildman–Crippen MR) is 65.3 cm³/mol. The molecule has 1 N–H and O–H groups in total. The van der Waals surface area contributed by atoms with Gasteiger partial charge in [-0.1, -0.05) is 0 Å². The fourth-order valence-corrected chi connectivity index (χ4v) is 2.24. The van der Waals surface area contributed by atoms with E-state index in [0.29, 0.717) is 5.92 Å². The lowest BCUT2D eigenvalue weighted by Gasteiger charge is -2.05. The van der Waals surface area contributed by atoms with Crippen molar-refractivity contribution in [3.05, 3.63) is 35.4 Å². The van der Waals surface area contributed by atoms with Crippen molar-refractivity contribution in [2.24, 2.45) is 0 Å². The van der Waals surface area contributed by atoms with Gasteiger partial charge >= 0.3 is 5.97 Å². The van der Waals surface area contributed by atoms with Gasteiger partial charge in [0, 0.05) is 17.5 Å². The highest BCUT2D eigenvalue weighted by Gasteiger charge is 2.28. The number of carbonyl (C=O) groups is 1. The Morgan fingerprint density at radius 2 is 2.26 bits per heavy atom. The van der Waals surface area contributed by atoms with Crippen molar-refractivity contribution in [2.75, 3.05) is 0 Å². The summed E-state index contributed by atoms with van der Waals surface area (Å²) >= 11 is 1.07. The highest BCUT2D eigenvalue weighted by Crippen LogP contribution is 2.40. The van der Waals surface area contributed by atoms with Gasteiger partial charge < -0.3 is 9.84 Å². The zero-order chi connectivity index (χ0) is 13.4. The van der Waals surface area contributed by atoms with Gasteiger partial charge in [0.15, 0.2) is 0 Å². The lowest BCUT2D eigenvalue weighted by atomic mass is 10.2. The summed E-state index contributed by atoms with van der Waals surface area (Å²) < 4.78 is 22.6. The fourth-order valence-electron chi connectivity index (χ4n) is 1.62. The van der Waals surface area contributed by atoms with Gasteiger partial charge in [-0.25, -0.2) is 9.18 Å². The highest BCUT2D eigenvalue weighted by atomic mass is 32.1. The molecule has 0 unspecified atom stereocenters. The van der Waals surface area contributed by atoms with Gasteiger partial charge in [-0.2, -0.15) is 9.36 Å². The van der Waals surface area contributed by atoms with Crippen LogP contribution in [0.2, 0.25) is 0 Å². The number of hydrogen-bond acceptors (Lipinski definition) is 5. The van der Waals surface area contributed by atoms with E-state index in [1.807, 2.05) is 0 Å². The third-order valence-electron chi connectivity index (χ3n) is 2.73. The standard InChI is InChI=1S/C12H9FN2O3S/c13-7-3-4-9(8(5-7)11(16)17)18-12-14-10(15-19-12)6-1-2-6/h3-6H,1-2H2,(H,16,17). The summed E-state index contributed by atoms with van der Waals surface area (Å²) in [6.07, 6.45) is 2.15. The Morgan fingerprint density at radius 1 is 1.47 bits per heavy atom. The van der Waals surface area contributed by atoms with Gasteiger partial charge in [0.05, 0.1) is 0 Å². The van der Waals surface area contributed by atoms with Crippen LogP contribution in [0.5, 0.6) is 10.9 Å². The molecule has 0 spiro atoms. The van der Waals surface area contributed by atoms with Crippen molar-refractivity contribution in [3.63, 3.8) is 0 Å². The molecule has 0 radical (unpaired) electrons. The van der Waals surface area contributed by atoms with Crippen molar-refractivity contribution in [2.45, 2.75) is 18.8 Å². The number of rotatable bonds is 4. The maximum atomic E-state index is 13.0. The van der Waals surface area contributed by atoms with Crippen LogP contribution >= 0.6 is 11.5 Å². The van der Waals surface area contributed by atoms with Crippen LogP contribution in [0.3, 0.4) is 0 Å². The van der Waals surface area contributed by atoms with E-state index in [-0.39, 0.29) is 16.5 Å². The minimum atomic E-state index is -1.25. The topological polar surface area (TPSA) is 72.3 Å². The SMILES string of the molecule is O=C(O)c1cc(F)ccc1Oc1nc(C2CC2)ns1. The summed E-state index contributed by atoms with van der Waals surface area (Å²) in [5.41, 5.74) is -0.233. The lowest BCUT2D eigenvalue weighted by Crippen LogP contribution is -2.00. The zero-order valence-electron chi connectivity index (χ0n) is 9.67. The van der Waals surface area contributed by atoms with Crippen molar-refractivity contribution >= 4 is 17.5 Å². The Balaban J connectivity index is 1.87. The number of ether oxygens (including phenoxy) is 1. The van der Waals surface area contributed by atoms with Crippen LogP contribution in [0.1, 0.15) is 34.9 Å². The fraction of sp³-hybridized carbons (Fsp3) is 0.250. The van der Waals surface area contributed by atoms with Gasteiger partial charge in [-0.3, -0.25) is 0 Å². The Morgan fingerprint density at radius 3 is 2.95 bits per heavy atom. The van der Waals surface area contributed by atoms with Gasteiger partial charge in [0.2, 0.25) is 0 Å². The first-order valence-corrected chi connectivity index (χ1v) is 6.45. The molecule has 1 aliphatic carbocycles. The normalized spacial score (nSPS) is 14.4. The van der Waals surface area contributed by atoms with Gasteiger partial charge in [0.1, 0.15) is 23.0 Å².